The van der Waals surface area contributed by atoms with Crippen LogP contribution < -0.4 is 4.74 Å². The average molecular weight is 280 g/mol. The van der Waals surface area contributed by atoms with Crippen LogP contribution in [0.25, 0.3) is 0 Å². The number of carboxylic acid groups (broad SMARTS) is 1. The van der Waals surface area contributed by atoms with E-state index in [1.165, 1.54) is 0 Å². The van der Waals surface area contributed by atoms with E-state index >= 15 is 0 Å². The lowest BCUT2D eigenvalue weighted by Crippen LogP contribution is -2.06. The van der Waals surface area contributed by atoms with Crippen LogP contribution in [0.2, 0.25) is 0 Å². The van der Waals surface area contributed by atoms with Gasteiger partial charge in [-0.2, -0.15) is 0 Å². The molecule has 0 aliphatic rings. The molecule has 0 atom stereocenters. The van der Waals surface area contributed by atoms with Crippen LogP contribution in [0.4, 0.5) is 4.79 Å². The predicted molar refractivity (Wildman–Crippen MR) is 78.3 cm³/mol. The first-order valence-corrected chi connectivity index (χ1v) is 7.28. The zero-order valence-corrected chi connectivity index (χ0v) is 12.4. The van der Waals surface area contributed by atoms with E-state index in [9.17, 15) is 4.79 Å². The summed E-state index contributed by atoms with van der Waals surface area (Å²) < 4.78 is 10.5. The lowest BCUT2D eigenvalue weighted by molar-refractivity contribution is 0.0844. The molecule has 112 valence electrons. The van der Waals surface area contributed by atoms with Gasteiger partial charge in [-0.05, 0) is 24.8 Å². The van der Waals surface area contributed by atoms with Crippen molar-refractivity contribution >= 4 is 6.16 Å². The summed E-state index contributed by atoms with van der Waals surface area (Å²) in [4.78, 5) is 10.5. The van der Waals surface area contributed by atoms with Gasteiger partial charge in [0.25, 0.3) is 0 Å². The zero-order valence-electron chi connectivity index (χ0n) is 12.4. The number of unbranched alkanes of at least 4 members (excludes halogenated alkanes) is 2. The summed E-state index contributed by atoms with van der Waals surface area (Å²) in [6, 6.07) is 5.83. The van der Waals surface area contributed by atoms with Crippen molar-refractivity contribution in [2.24, 2.45) is 0 Å². The molecule has 0 amide bonds. The minimum Gasteiger partial charge on any atom is -0.493 e. The Morgan fingerprint density at radius 1 is 1.15 bits per heavy atom. The van der Waals surface area contributed by atoms with Crippen molar-refractivity contribution in [1.29, 1.82) is 0 Å². The van der Waals surface area contributed by atoms with Gasteiger partial charge in [0, 0.05) is 5.56 Å². The van der Waals surface area contributed by atoms with E-state index in [0.717, 1.165) is 49.0 Å². The second-order valence-electron chi connectivity index (χ2n) is 4.77. The lowest BCUT2D eigenvalue weighted by atomic mass is 10.0. The molecule has 0 spiro atoms. The van der Waals surface area contributed by atoms with Crippen LogP contribution in [0.3, 0.4) is 0 Å². The summed E-state index contributed by atoms with van der Waals surface area (Å²) in [5.74, 6) is 0.802. The van der Waals surface area contributed by atoms with E-state index in [1.807, 2.05) is 18.2 Å². The molecule has 0 saturated carbocycles. The fraction of sp³-hybridized carbons (Fsp3) is 0.562. The average Bonchev–Trinajstić information content (AvgIpc) is 2.44. The highest BCUT2D eigenvalue weighted by atomic mass is 16.7. The van der Waals surface area contributed by atoms with Gasteiger partial charge < -0.3 is 14.6 Å². The number of hydrogen-bond acceptors (Lipinski definition) is 3. The molecule has 1 N–H and O–H groups in total. The number of carbonyl (C=O) groups is 1. The lowest BCUT2D eigenvalue weighted by Gasteiger charge is -2.15. The number of ether oxygens (including phenoxy) is 2. The molecule has 4 heteroatoms. The Hall–Kier alpha value is -1.71. The van der Waals surface area contributed by atoms with Crippen molar-refractivity contribution in [3.8, 4) is 5.75 Å². The second kappa shape index (κ2) is 9.23. The number of aryl methyl sites for hydroxylation is 1. The second-order valence-corrected chi connectivity index (χ2v) is 4.77. The van der Waals surface area contributed by atoms with E-state index in [1.54, 1.807) is 0 Å². The third-order valence-corrected chi connectivity index (χ3v) is 3.07. The molecule has 4 nitrogen and oxygen atoms in total. The molecule has 0 aliphatic carbocycles. The molecule has 0 heterocycles. The monoisotopic (exact) mass is 280 g/mol. The Labute approximate surface area is 120 Å². The first-order valence-electron chi connectivity index (χ1n) is 7.28. The van der Waals surface area contributed by atoms with E-state index in [4.69, 9.17) is 9.84 Å². The number of rotatable bonds is 9. The molecular formula is C16H24O4. The summed E-state index contributed by atoms with van der Waals surface area (Å²) in [7, 11) is 0. The van der Waals surface area contributed by atoms with Crippen LogP contribution in [0.1, 0.15) is 50.7 Å². The summed E-state index contributed by atoms with van der Waals surface area (Å²) in [6.45, 7) is 4.95. The zero-order chi connectivity index (χ0) is 14.8. The largest absolute Gasteiger partial charge is 0.506 e. The van der Waals surface area contributed by atoms with E-state index < -0.39 is 6.16 Å². The molecule has 0 radical (unpaired) electrons. The Morgan fingerprint density at radius 3 is 2.50 bits per heavy atom. The summed E-state index contributed by atoms with van der Waals surface area (Å²) in [5.41, 5.74) is 1.94. The molecule has 0 unspecified atom stereocenters. The van der Waals surface area contributed by atoms with E-state index in [-0.39, 0.29) is 6.61 Å². The highest BCUT2D eigenvalue weighted by Gasteiger charge is 2.11. The Bertz CT molecular complexity index is 415. The van der Waals surface area contributed by atoms with Crippen molar-refractivity contribution in [3.05, 3.63) is 29.3 Å². The molecule has 20 heavy (non-hydrogen) atoms. The topological polar surface area (TPSA) is 55.8 Å². The van der Waals surface area contributed by atoms with E-state index in [2.05, 4.69) is 18.6 Å². The van der Waals surface area contributed by atoms with Crippen molar-refractivity contribution in [2.45, 2.75) is 52.6 Å². The van der Waals surface area contributed by atoms with Crippen molar-refractivity contribution in [3.63, 3.8) is 0 Å². The van der Waals surface area contributed by atoms with Crippen LogP contribution in [0, 0.1) is 0 Å². The molecular weight excluding hydrogens is 256 g/mol. The smallest absolute Gasteiger partial charge is 0.493 e. The minimum absolute atomic E-state index is 0.0384. The Kier molecular flexibility index (Phi) is 7.55. The number of hydrogen-bond donors (Lipinski definition) is 1. The Balaban J connectivity index is 2.85. The quantitative estimate of drug-likeness (QED) is 0.538. The van der Waals surface area contributed by atoms with Crippen molar-refractivity contribution in [1.82, 2.24) is 0 Å². The highest BCUT2D eigenvalue weighted by molar-refractivity contribution is 5.57. The normalized spacial score (nSPS) is 10.3. The van der Waals surface area contributed by atoms with Gasteiger partial charge in [-0.1, -0.05) is 44.9 Å². The maximum absolute atomic E-state index is 10.5. The van der Waals surface area contributed by atoms with Gasteiger partial charge in [0.15, 0.2) is 0 Å². The minimum atomic E-state index is -1.26. The van der Waals surface area contributed by atoms with Gasteiger partial charge in [-0.15, -0.1) is 0 Å². The summed E-state index contributed by atoms with van der Waals surface area (Å²) in [6.07, 6.45) is 3.94. The van der Waals surface area contributed by atoms with Gasteiger partial charge in [-0.25, -0.2) is 4.79 Å². The third-order valence-electron chi connectivity index (χ3n) is 3.07. The number of para-hydroxylation sites is 1. The third kappa shape index (κ3) is 5.51. The fourth-order valence-corrected chi connectivity index (χ4v) is 1.96. The maximum Gasteiger partial charge on any atom is 0.506 e. The van der Waals surface area contributed by atoms with Crippen molar-refractivity contribution in [2.75, 3.05) is 6.61 Å². The first kappa shape index (κ1) is 16.3. The van der Waals surface area contributed by atoms with Crippen LogP contribution >= 0.6 is 0 Å². The molecule has 0 bridgehead atoms. The summed E-state index contributed by atoms with van der Waals surface area (Å²) in [5, 5.41) is 8.63. The molecule has 0 aliphatic heterocycles. The molecule has 1 rings (SSSR count). The summed E-state index contributed by atoms with van der Waals surface area (Å²) >= 11 is 0. The molecule has 0 aromatic heterocycles. The van der Waals surface area contributed by atoms with Crippen LogP contribution in [-0.4, -0.2) is 17.9 Å². The van der Waals surface area contributed by atoms with Gasteiger partial charge in [0.1, 0.15) is 12.4 Å². The van der Waals surface area contributed by atoms with Crippen molar-refractivity contribution < 1.29 is 19.4 Å². The standard InChI is InChI=1S/C16H24O4/c1-3-5-8-13-9-7-10-14(12-20-16(17)18)15(13)19-11-6-4-2/h7,9-10H,3-6,8,11-12H2,1-2H3,(H,17,18). The van der Waals surface area contributed by atoms with Crippen LogP contribution in [-0.2, 0) is 17.8 Å². The van der Waals surface area contributed by atoms with Crippen LogP contribution in [0.5, 0.6) is 5.75 Å². The number of benzene rings is 1. The molecule has 0 saturated heterocycles. The molecule has 1 aromatic rings. The first-order chi connectivity index (χ1) is 9.69. The Morgan fingerprint density at radius 2 is 1.85 bits per heavy atom. The van der Waals surface area contributed by atoms with Crippen LogP contribution in [0.15, 0.2) is 18.2 Å². The van der Waals surface area contributed by atoms with Gasteiger partial charge in [0.2, 0.25) is 0 Å². The molecule has 1 aromatic carbocycles. The van der Waals surface area contributed by atoms with Gasteiger partial charge in [0.05, 0.1) is 6.61 Å². The predicted octanol–water partition coefficient (Wildman–Crippen LogP) is 4.40. The highest BCUT2D eigenvalue weighted by Crippen LogP contribution is 2.27. The maximum atomic E-state index is 10.5. The molecule has 0 fully saturated rings. The van der Waals surface area contributed by atoms with Gasteiger partial charge in [-0.3, -0.25) is 0 Å². The fourth-order valence-electron chi connectivity index (χ4n) is 1.96. The van der Waals surface area contributed by atoms with E-state index in [0.29, 0.717) is 6.61 Å². The SMILES string of the molecule is CCCCOc1c(CCCC)cccc1COC(=O)O. The van der Waals surface area contributed by atoms with Gasteiger partial charge >= 0.3 is 6.16 Å².